The van der Waals surface area contributed by atoms with E-state index in [1.807, 2.05) is 19.9 Å². The fourth-order valence-corrected chi connectivity index (χ4v) is 2.45. The standard InChI is InChI=1S/C19H20FNO3/c1-19(2,14-7-5-8-15(20)11-14)12-21-17(22)10-13-6-3-4-9-16(13)18(23)24/h3-9,11H,10,12H2,1-2H3,(H,21,22)(H,23,24). The molecule has 0 heterocycles. The molecule has 0 aliphatic carbocycles. The number of benzene rings is 2. The Bertz CT molecular complexity index is 756. The molecule has 126 valence electrons. The van der Waals surface area contributed by atoms with E-state index in [9.17, 15) is 14.0 Å². The van der Waals surface area contributed by atoms with Crippen LogP contribution in [-0.4, -0.2) is 23.5 Å². The van der Waals surface area contributed by atoms with Gasteiger partial charge in [0.1, 0.15) is 5.82 Å². The highest BCUT2D eigenvalue weighted by molar-refractivity contribution is 5.91. The van der Waals surface area contributed by atoms with Crippen molar-refractivity contribution in [1.82, 2.24) is 5.32 Å². The van der Waals surface area contributed by atoms with Crippen LogP contribution in [0.1, 0.15) is 35.3 Å². The first-order valence-electron chi connectivity index (χ1n) is 7.63. The molecule has 0 bridgehead atoms. The predicted octanol–water partition coefficient (Wildman–Crippen LogP) is 3.16. The first kappa shape index (κ1) is 17.7. The fourth-order valence-electron chi connectivity index (χ4n) is 2.45. The summed E-state index contributed by atoms with van der Waals surface area (Å²) in [7, 11) is 0. The Morgan fingerprint density at radius 1 is 1.12 bits per heavy atom. The van der Waals surface area contributed by atoms with Crippen LogP contribution in [0.3, 0.4) is 0 Å². The molecule has 0 spiro atoms. The summed E-state index contributed by atoms with van der Waals surface area (Å²) in [4.78, 5) is 23.3. The Morgan fingerprint density at radius 2 is 1.83 bits per heavy atom. The van der Waals surface area contributed by atoms with Gasteiger partial charge in [0.15, 0.2) is 0 Å². The van der Waals surface area contributed by atoms with E-state index in [1.54, 1.807) is 24.3 Å². The number of halogens is 1. The maximum Gasteiger partial charge on any atom is 0.335 e. The zero-order chi connectivity index (χ0) is 17.7. The molecule has 5 heteroatoms. The molecule has 2 rings (SSSR count). The highest BCUT2D eigenvalue weighted by Crippen LogP contribution is 2.23. The molecular formula is C19H20FNO3. The van der Waals surface area contributed by atoms with Gasteiger partial charge in [-0.15, -0.1) is 0 Å². The lowest BCUT2D eigenvalue weighted by Crippen LogP contribution is -2.37. The Balaban J connectivity index is 2.02. The van der Waals surface area contributed by atoms with Gasteiger partial charge in [-0.05, 0) is 29.3 Å². The number of aromatic carboxylic acids is 1. The molecule has 0 aliphatic rings. The molecule has 4 nitrogen and oxygen atoms in total. The molecule has 0 fully saturated rings. The van der Waals surface area contributed by atoms with Gasteiger partial charge < -0.3 is 10.4 Å². The minimum absolute atomic E-state index is 0.0122. The summed E-state index contributed by atoms with van der Waals surface area (Å²) in [5.74, 6) is -1.64. The van der Waals surface area contributed by atoms with Gasteiger partial charge in [0.05, 0.1) is 12.0 Å². The van der Waals surface area contributed by atoms with Gasteiger partial charge >= 0.3 is 5.97 Å². The van der Waals surface area contributed by atoms with Crippen molar-refractivity contribution in [3.8, 4) is 0 Å². The molecule has 0 aromatic heterocycles. The lowest BCUT2D eigenvalue weighted by atomic mass is 9.84. The second-order valence-electron chi connectivity index (χ2n) is 6.31. The highest BCUT2D eigenvalue weighted by atomic mass is 19.1. The van der Waals surface area contributed by atoms with Crippen LogP contribution in [0.2, 0.25) is 0 Å². The van der Waals surface area contributed by atoms with Crippen molar-refractivity contribution in [3.05, 3.63) is 71.0 Å². The molecule has 0 atom stereocenters. The average Bonchev–Trinajstić information content (AvgIpc) is 2.53. The fraction of sp³-hybridized carbons (Fsp3) is 0.263. The van der Waals surface area contributed by atoms with E-state index >= 15 is 0 Å². The van der Waals surface area contributed by atoms with Crippen LogP contribution < -0.4 is 5.32 Å². The van der Waals surface area contributed by atoms with E-state index < -0.39 is 11.4 Å². The number of carboxylic acid groups (broad SMARTS) is 1. The maximum absolute atomic E-state index is 13.4. The molecule has 24 heavy (non-hydrogen) atoms. The van der Waals surface area contributed by atoms with Crippen LogP contribution in [0, 0.1) is 5.82 Å². The van der Waals surface area contributed by atoms with Crippen LogP contribution in [0.15, 0.2) is 48.5 Å². The van der Waals surface area contributed by atoms with E-state index in [1.165, 1.54) is 18.2 Å². The second-order valence-corrected chi connectivity index (χ2v) is 6.31. The third-order valence-electron chi connectivity index (χ3n) is 3.93. The Morgan fingerprint density at radius 3 is 2.50 bits per heavy atom. The van der Waals surface area contributed by atoms with Crippen molar-refractivity contribution in [2.45, 2.75) is 25.7 Å². The highest BCUT2D eigenvalue weighted by Gasteiger charge is 2.22. The van der Waals surface area contributed by atoms with Crippen molar-refractivity contribution in [1.29, 1.82) is 0 Å². The first-order valence-corrected chi connectivity index (χ1v) is 7.63. The Hall–Kier alpha value is -2.69. The summed E-state index contributed by atoms with van der Waals surface area (Å²) in [5.41, 5.74) is 0.932. The number of rotatable bonds is 6. The summed E-state index contributed by atoms with van der Waals surface area (Å²) < 4.78 is 13.4. The number of carboxylic acids is 1. The normalized spacial score (nSPS) is 11.1. The summed E-state index contributed by atoms with van der Waals surface area (Å²) in [5, 5.41) is 11.9. The zero-order valence-corrected chi connectivity index (χ0v) is 13.7. The number of amides is 1. The van der Waals surface area contributed by atoms with Gasteiger partial charge in [-0.25, -0.2) is 9.18 Å². The molecular weight excluding hydrogens is 309 g/mol. The van der Waals surface area contributed by atoms with Crippen molar-refractivity contribution in [2.75, 3.05) is 6.54 Å². The summed E-state index contributed by atoms with van der Waals surface area (Å²) in [6, 6.07) is 12.7. The molecule has 0 saturated heterocycles. The molecule has 0 unspecified atom stereocenters. The smallest absolute Gasteiger partial charge is 0.335 e. The van der Waals surface area contributed by atoms with Crippen molar-refractivity contribution in [2.24, 2.45) is 0 Å². The molecule has 2 aromatic rings. The number of carbonyl (C=O) groups is 2. The maximum atomic E-state index is 13.4. The molecule has 0 aliphatic heterocycles. The van der Waals surface area contributed by atoms with Gasteiger partial charge in [-0.1, -0.05) is 44.2 Å². The predicted molar refractivity (Wildman–Crippen MR) is 89.5 cm³/mol. The third-order valence-corrected chi connectivity index (χ3v) is 3.93. The molecule has 1 amide bonds. The Kier molecular flexibility index (Phi) is 5.34. The minimum atomic E-state index is -1.06. The molecule has 0 saturated carbocycles. The van der Waals surface area contributed by atoms with Crippen LogP contribution in [-0.2, 0) is 16.6 Å². The van der Waals surface area contributed by atoms with Gasteiger partial charge in [0, 0.05) is 12.0 Å². The topological polar surface area (TPSA) is 66.4 Å². The van der Waals surface area contributed by atoms with Crippen molar-refractivity contribution in [3.63, 3.8) is 0 Å². The van der Waals surface area contributed by atoms with Crippen LogP contribution >= 0.6 is 0 Å². The van der Waals surface area contributed by atoms with Crippen LogP contribution in [0.25, 0.3) is 0 Å². The van der Waals surface area contributed by atoms with Gasteiger partial charge in [-0.3, -0.25) is 4.79 Å². The monoisotopic (exact) mass is 329 g/mol. The van der Waals surface area contributed by atoms with Gasteiger partial charge in [-0.2, -0.15) is 0 Å². The number of carbonyl (C=O) groups excluding carboxylic acids is 1. The van der Waals surface area contributed by atoms with E-state index in [2.05, 4.69) is 5.32 Å². The number of nitrogens with one attached hydrogen (secondary N) is 1. The quantitative estimate of drug-likeness (QED) is 0.855. The SMILES string of the molecule is CC(C)(CNC(=O)Cc1ccccc1C(=O)O)c1cccc(F)c1. The summed E-state index contributed by atoms with van der Waals surface area (Å²) in [6.07, 6.45) is -0.0122. The van der Waals surface area contributed by atoms with Crippen molar-refractivity contribution < 1.29 is 19.1 Å². The van der Waals surface area contributed by atoms with Gasteiger partial charge in [0.2, 0.25) is 5.91 Å². The van der Waals surface area contributed by atoms with Gasteiger partial charge in [0.25, 0.3) is 0 Å². The number of hydrogen-bond donors (Lipinski definition) is 2. The number of hydrogen-bond acceptors (Lipinski definition) is 2. The van der Waals surface area contributed by atoms with E-state index in [-0.39, 0.29) is 23.7 Å². The first-order chi connectivity index (χ1) is 11.3. The molecule has 2 aromatic carbocycles. The second kappa shape index (κ2) is 7.25. The van der Waals surface area contributed by atoms with E-state index in [4.69, 9.17) is 5.11 Å². The van der Waals surface area contributed by atoms with Crippen LogP contribution in [0.4, 0.5) is 4.39 Å². The summed E-state index contributed by atoms with van der Waals surface area (Å²) in [6.45, 7) is 4.14. The zero-order valence-electron chi connectivity index (χ0n) is 13.7. The lowest BCUT2D eigenvalue weighted by Gasteiger charge is -2.25. The lowest BCUT2D eigenvalue weighted by molar-refractivity contribution is -0.120. The Labute approximate surface area is 140 Å². The largest absolute Gasteiger partial charge is 0.478 e. The third kappa shape index (κ3) is 4.41. The van der Waals surface area contributed by atoms with E-state index in [0.29, 0.717) is 12.1 Å². The average molecular weight is 329 g/mol. The summed E-state index contributed by atoms with van der Waals surface area (Å²) >= 11 is 0. The molecule has 2 N–H and O–H groups in total. The molecule has 0 radical (unpaired) electrons. The van der Waals surface area contributed by atoms with Crippen molar-refractivity contribution >= 4 is 11.9 Å². The minimum Gasteiger partial charge on any atom is -0.478 e. The van der Waals surface area contributed by atoms with E-state index in [0.717, 1.165) is 5.56 Å². The van der Waals surface area contributed by atoms with Crippen LogP contribution in [0.5, 0.6) is 0 Å².